The number of imidazole rings is 1. The number of para-hydroxylation sites is 2. The molecule has 1 aromatic heterocycles. The largest absolute Gasteiger partial charge is 0.507 e. The summed E-state index contributed by atoms with van der Waals surface area (Å²) in [6.45, 7) is 1.38. The summed E-state index contributed by atoms with van der Waals surface area (Å²) < 4.78 is 5.11. The number of benzene rings is 2. The Morgan fingerprint density at radius 1 is 1.24 bits per heavy atom. The molecule has 0 amide bonds. The third-order valence-electron chi connectivity index (χ3n) is 3.73. The molecular weight excluding hydrogens is 318 g/mol. The highest BCUT2D eigenvalue weighted by atomic mass is 16.5. The van der Waals surface area contributed by atoms with E-state index < -0.39 is 12.6 Å². The number of nitrogens with zero attached hydrogens (tertiary/aromatic N) is 2. The van der Waals surface area contributed by atoms with E-state index in [-0.39, 0.29) is 17.2 Å². The normalized spacial score (nSPS) is 11.7. The highest BCUT2D eigenvalue weighted by Crippen LogP contribution is 2.19. The Labute approximate surface area is 144 Å². The Morgan fingerprint density at radius 2 is 1.96 bits per heavy atom. The van der Waals surface area contributed by atoms with Crippen LogP contribution in [-0.4, -0.2) is 27.7 Å². The van der Waals surface area contributed by atoms with Crippen LogP contribution in [0.4, 0.5) is 0 Å². The number of rotatable bonds is 4. The van der Waals surface area contributed by atoms with E-state index in [2.05, 4.69) is 9.97 Å². The van der Waals surface area contributed by atoms with E-state index in [1.807, 2.05) is 30.3 Å². The molecule has 0 fully saturated rings. The summed E-state index contributed by atoms with van der Waals surface area (Å²) in [6, 6.07) is 16.2. The number of hydrogen-bond acceptors (Lipinski definition) is 5. The standard InChI is InChI=1S/C19H15N3O3/c1-12-6-2-3-7-13(12)19(24)25-11-17(23)14(10-20)18-21-15-8-4-5-9-16(15)22-18/h2-9,23H,11H2,1H3,(H,21,22). The van der Waals surface area contributed by atoms with Crippen LogP contribution in [0.3, 0.4) is 0 Å². The van der Waals surface area contributed by atoms with Crippen LogP contribution in [-0.2, 0) is 4.74 Å². The number of aliphatic hydroxyl groups excluding tert-OH is 1. The van der Waals surface area contributed by atoms with Gasteiger partial charge in [-0.05, 0) is 30.7 Å². The third-order valence-corrected chi connectivity index (χ3v) is 3.73. The van der Waals surface area contributed by atoms with Gasteiger partial charge in [-0.3, -0.25) is 0 Å². The maximum absolute atomic E-state index is 12.1. The maximum Gasteiger partial charge on any atom is 0.338 e. The fourth-order valence-electron chi connectivity index (χ4n) is 2.41. The van der Waals surface area contributed by atoms with Crippen molar-refractivity contribution in [3.63, 3.8) is 0 Å². The van der Waals surface area contributed by atoms with Crippen molar-refractivity contribution in [2.24, 2.45) is 0 Å². The number of nitrogens with one attached hydrogen (secondary N) is 1. The molecule has 3 aromatic rings. The number of aromatic amines is 1. The number of nitriles is 1. The average Bonchev–Trinajstić information content (AvgIpc) is 3.04. The van der Waals surface area contributed by atoms with Crippen molar-refractivity contribution in [1.29, 1.82) is 5.26 Å². The van der Waals surface area contributed by atoms with Crippen molar-refractivity contribution in [3.8, 4) is 6.07 Å². The Kier molecular flexibility index (Phi) is 4.48. The highest BCUT2D eigenvalue weighted by Gasteiger charge is 2.16. The Balaban J connectivity index is 1.81. The first kappa shape index (κ1) is 16.3. The van der Waals surface area contributed by atoms with Gasteiger partial charge in [-0.25, -0.2) is 9.78 Å². The van der Waals surface area contributed by atoms with Crippen LogP contribution < -0.4 is 0 Å². The summed E-state index contributed by atoms with van der Waals surface area (Å²) in [6.07, 6.45) is 0. The summed E-state index contributed by atoms with van der Waals surface area (Å²) >= 11 is 0. The topological polar surface area (TPSA) is 99.0 Å². The van der Waals surface area contributed by atoms with Crippen LogP contribution in [0.25, 0.3) is 16.6 Å². The zero-order chi connectivity index (χ0) is 17.8. The van der Waals surface area contributed by atoms with Crippen molar-refractivity contribution in [2.75, 3.05) is 6.61 Å². The molecule has 0 spiro atoms. The van der Waals surface area contributed by atoms with Crippen LogP contribution in [0.2, 0.25) is 0 Å². The molecule has 0 aliphatic rings. The molecule has 2 aromatic carbocycles. The van der Waals surface area contributed by atoms with Gasteiger partial charge >= 0.3 is 5.97 Å². The number of esters is 1. The lowest BCUT2D eigenvalue weighted by atomic mass is 10.1. The molecule has 3 rings (SSSR count). The monoisotopic (exact) mass is 333 g/mol. The molecule has 6 heteroatoms. The Hall–Kier alpha value is -3.59. The predicted octanol–water partition coefficient (Wildman–Crippen LogP) is 3.52. The van der Waals surface area contributed by atoms with E-state index in [1.165, 1.54) is 0 Å². The second-order valence-corrected chi connectivity index (χ2v) is 5.43. The van der Waals surface area contributed by atoms with Crippen molar-refractivity contribution < 1.29 is 14.6 Å². The number of ether oxygens (including phenoxy) is 1. The zero-order valence-electron chi connectivity index (χ0n) is 13.5. The summed E-state index contributed by atoms with van der Waals surface area (Å²) in [5.41, 5.74) is 2.55. The molecule has 2 N–H and O–H groups in total. The van der Waals surface area contributed by atoms with Crippen molar-refractivity contribution in [1.82, 2.24) is 9.97 Å². The van der Waals surface area contributed by atoms with Gasteiger partial charge in [0, 0.05) is 0 Å². The van der Waals surface area contributed by atoms with Crippen LogP contribution in [0.15, 0.2) is 54.3 Å². The molecule has 0 saturated carbocycles. The van der Waals surface area contributed by atoms with E-state index >= 15 is 0 Å². The first-order chi connectivity index (χ1) is 12.1. The van der Waals surface area contributed by atoms with E-state index in [9.17, 15) is 15.2 Å². The summed E-state index contributed by atoms with van der Waals surface area (Å²) in [7, 11) is 0. The van der Waals surface area contributed by atoms with Crippen LogP contribution >= 0.6 is 0 Å². The Morgan fingerprint density at radius 3 is 2.68 bits per heavy atom. The molecular formula is C19H15N3O3. The summed E-state index contributed by atoms with van der Waals surface area (Å²) in [5, 5.41) is 19.5. The molecule has 0 unspecified atom stereocenters. The van der Waals surface area contributed by atoms with Crippen molar-refractivity contribution in [2.45, 2.75) is 6.92 Å². The zero-order valence-corrected chi connectivity index (χ0v) is 13.5. The molecule has 0 saturated heterocycles. The SMILES string of the molecule is Cc1ccccc1C(=O)OCC(O)=C(C#N)c1nc2ccccc2[nH]1. The number of carbonyl (C=O) groups excluding carboxylic acids is 1. The summed E-state index contributed by atoms with van der Waals surface area (Å²) in [4.78, 5) is 19.3. The van der Waals surface area contributed by atoms with Gasteiger partial charge in [-0.15, -0.1) is 0 Å². The second kappa shape index (κ2) is 6.89. The second-order valence-electron chi connectivity index (χ2n) is 5.43. The molecule has 0 bridgehead atoms. The minimum absolute atomic E-state index is 0.0613. The lowest BCUT2D eigenvalue weighted by Crippen LogP contribution is -2.10. The van der Waals surface area contributed by atoms with E-state index in [4.69, 9.17) is 4.74 Å². The molecule has 25 heavy (non-hydrogen) atoms. The minimum Gasteiger partial charge on any atom is -0.507 e. The van der Waals surface area contributed by atoms with E-state index in [0.29, 0.717) is 11.1 Å². The molecule has 0 radical (unpaired) electrons. The minimum atomic E-state index is -0.563. The van der Waals surface area contributed by atoms with Gasteiger partial charge in [0.1, 0.15) is 18.2 Å². The van der Waals surface area contributed by atoms with Gasteiger partial charge in [0.05, 0.1) is 16.6 Å². The first-order valence-electron chi connectivity index (χ1n) is 7.60. The highest BCUT2D eigenvalue weighted by molar-refractivity contribution is 5.91. The Bertz CT molecular complexity index is 979. The number of fused-ring (bicyclic) bond motifs is 1. The smallest absolute Gasteiger partial charge is 0.338 e. The molecule has 6 nitrogen and oxygen atoms in total. The fourth-order valence-corrected chi connectivity index (χ4v) is 2.41. The molecule has 124 valence electrons. The van der Waals surface area contributed by atoms with E-state index in [1.54, 1.807) is 31.2 Å². The van der Waals surface area contributed by atoms with Crippen molar-refractivity contribution in [3.05, 3.63) is 71.2 Å². The fraction of sp³-hybridized carbons (Fsp3) is 0.105. The van der Waals surface area contributed by atoms with Crippen molar-refractivity contribution >= 4 is 22.6 Å². The first-order valence-corrected chi connectivity index (χ1v) is 7.60. The van der Waals surface area contributed by atoms with Gasteiger partial charge in [0.15, 0.2) is 11.6 Å². The lowest BCUT2D eigenvalue weighted by molar-refractivity contribution is 0.0502. The lowest BCUT2D eigenvalue weighted by Gasteiger charge is -2.07. The van der Waals surface area contributed by atoms with Crippen LogP contribution in [0.5, 0.6) is 0 Å². The molecule has 0 aliphatic heterocycles. The quantitative estimate of drug-likeness (QED) is 0.432. The van der Waals surface area contributed by atoms with Gasteiger partial charge in [-0.2, -0.15) is 5.26 Å². The van der Waals surface area contributed by atoms with Gasteiger partial charge in [-0.1, -0.05) is 30.3 Å². The number of hydrogen-bond donors (Lipinski definition) is 2. The number of H-pyrrole nitrogens is 1. The predicted molar refractivity (Wildman–Crippen MR) is 92.7 cm³/mol. The number of aliphatic hydroxyl groups is 1. The molecule has 1 heterocycles. The van der Waals surface area contributed by atoms with Crippen LogP contribution in [0.1, 0.15) is 21.7 Å². The maximum atomic E-state index is 12.1. The van der Waals surface area contributed by atoms with Crippen LogP contribution in [0, 0.1) is 18.3 Å². The third kappa shape index (κ3) is 3.35. The number of carbonyl (C=O) groups is 1. The number of aryl methyl sites for hydroxylation is 1. The van der Waals surface area contributed by atoms with Gasteiger partial charge in [0.2, 0.25) is 0 Å². The number of aromatic nitrogens is 2. The van der Waals surface area contributed by atoms with E-state index in [0.717, 1.165) is 11.1 Å². The summed E-state index contributed by atoms with van der Waals surface area (Å²) in [5.74, 6) is -0.692. The van der Waals surface area contributed by atoms with Gasteiger partial charge < -0.3 is 14.8 Å². The number of allylic oxidation sites excluding steroid dienone is 1. The van der Waals surface area contributed by atoms with Gasteiger partial charge in [0.25, 0.3) is 0 Å². The molecule has 0 aliphatic carbocycles. The average molecular weight is 333 g/mol. The molecule has 0 atom stereocenters.